The van der Waals surface area contributed by atoms with E-state index in [2.05, 4.69) is 47.5 Å². The number of imide groups is 1. The Kier molecular flexibility index (Phi) is 14.9. The van der Waals surface area contributed by atoms with Crippen molar-refractivity contribution in [3.63, 3.8) is 0 Å². The molecule has 3 aliphatic heterocycles. The first-order chi connectivity index (χ1) is 30.9. The zero-order valence-electron chi connectivity index (χ0n) is 36.2. The summed E-state index contributed by atoms with van der Waals surface area (Å²) in [4.78, 5) is 90.8. The number of piperidine rings is 1. The van der Waals surface area contributed by atoms with Crippen LogP contribution in [0.1, 0.15) is 90.1 Å². The number of ether oxygens (including phenoxy) is 1. The van der Waals surface area contributed by atoms with Crippen molar-refractivity contribution in [3.05, 3.63) is 93.6 Å². The number of fused-ring (bicyclic) bond motifs is 2. The average molecular weight is 938 g/mol. The van der Waals surface area contributed by atoms with Crippen LogP contribution in [0.2, 0.25) is 0 Å². The number of methoxy groups -OCH3 is 1. The van der Waals surface area contributed by atoms with Gasteiger partial charge in [0.25, 0.3) is 11.8 Å². The van der Waals surface area contributed by atoms with Gasteiger partial charge >= 0.3 is 0 Å². The van der Waals surface area contributed by atoms with Crippen LogP contribution in [0.4, 0.5) is 28.8 Å². The molecule has 3 aliphatic rings. The highest BCUT2D eigenvalue weighted by atomic mass is 79.9. The Labute approximate surface area is 380 Å². The molecule has 1 aromatic heterocycles. The van der Waals surface area contributed by atoms with Gasteiger partial charge in [0, 0.05) is 66.4 Å². The summed E-state index contributed by atoms with van der Waals surface area (Å²) in [7, 11) is 3.27. The minimum Gasteiger partial charge on any atom is -0.495 e. The maximum absolute atomic E-state index is 13.3. The molecule has 0 radical (unpaired) electrons. The predicted octanol–water partition coefficient (Wildman–Crippen LogP) is 5.42. The zero-order chi connectivity index (χ0) is 45.3. The number of hydrogen-bond acceptors (Lipinski definition) is 12. The van der Waals surface area contributed by atoms with Crippen LogP contribution in [0.25, 0.3) is 0 Å². The number of carbonyl (C=O) groups is 6. The Bertz CT molecular complexity index is 2410. The van der Waals surface area contributed by atoms with Crippen LogP contribution >= 0.6 is 15.9 Å². The summed E-state index contributed by atoms with van der Waals surface area (Å²) < 4.78 is 6.62. The second-order valence-corrected chi connectivity index (χ2v) is 16.9. The van der Waals surface area contributed by atoms with Gasteiger partial charge in [-0.15, -0.1) is 0 Å². The first kappa shape index (κ1) is 45.6. The highest BCUT2D eigenvalue weighted by Gasteiger charge is 2.40. The first-order valence-electron chi connectivity index (χ1n) is 21.6. The molecule has 64 heavy (non-hydrogen) atoms. The van der Waals surface area contributed by atoms with Crippen LogP contribution < -0.4 is 41.1 Å². The number of anilines is 5. The summed E-state index contributed by atoms with van der Waals surface area (Å²) in [5, 5.41) is 14.8. The number of halogens is 1. The van der Waals surface area contributed by atoms with E-state index in [9.17, 15) is 28.8 Å². The summed E-state index contributed by atoms with van der Waals surface area (Å²) in [6, 6.07) is 17.2. The van der Waals surface area contributed by atoms with Gasteiger partial charge in [-0.05, 0) is 93.2 Å². The second-order valence-electron chi connectivity index (χ2n) is 16.0. The molecule has 0 aliphatic carbocycles. The summed E-state index contributed by atoms with van der Waals surface area (Å²) in [6.07, 6.45) is 6.18. The van der Waals surface area contributed by atoms with Crippen molar-refractivity contribution in [1.82, 2.24) is 30.8 Å². The van der Waals surface area contributed by atoms with Crippen molar-refractivity contribution in [2.24, 2.45) is 0 Å². The third-order valence-electron chi connectivity index (χ3n) is 11.7. The minimum absolute atomic E-state index is 0.0187. The fourth-order valence-electron chi connectivity index (χ4n) is 8.19. The maximum atomic E-state index is 13.3. The van der Waals surface area contributed by atoms with Crippen molar-refractivity contribution in [2.75, 3.05) is 54.2 Å². The number of likely N-dealkylation sites (N-methyl/N-ethyl adjacent to an activating group) is 1. The Hall–Kier alpha value is -6.40. The highest BCUT2D eigenvalue weighted by molar-refractivity contribution is 9.10. The molecule has 7 rings (SSSR count). The van der Waals surface area contributed by atoms with E-state index in [-0.39, 0.29) is 48.9 Å². The largest absolute Gasteiger partial charge is 0.495 e. The van der Waals surface area contributed by atoms with E-state index >= 15 is 0 Å². The minimum atomic E-state index is -0.717. The molecule has 3 aromatic carbocycles. The molecule has 18 heteroatoms. The number of amides is 6. The fourth-order valence-corrected chi connectivity index (χ4v) is 8.46. The van der Waals surface area contributed by atoms with Crippen molar-refractivity contribution in [2.45, 2.75) is 83.5 Å². The number of rotatable bonds is 19. The lowest BCUT2D eigenvalue weighted by Crippen LogP contribution is -2.52. The molecule has 336 valence electrons. The molecule has 17 nitrogen and oxygen atoms in total. The number of aromatic nitrogens is 2. The second kappa shape index (κ2) is 20.9. The summed E-state index contributed by atoms with van der Waals surface area (Å²) in [5.74, 6) is -0.0917. The van der Waals surface area contributed by atoms with Gasteiger partial charge in [0.15, 0.2) is 5.82 Å². The molecule has 1 saturated heterocycles. The number of unbranched alkanes of at least 4 members (excludes halogenated alkanes) is 2. The average Bonchev–Trinajstić information content (AvgIpc) is 3.63. The quantitative estimate of drug-likeness (QED) is 0.0590. The topological polar surface area (TPSA) is 207 Å². The highest BCUT2D eigenvalue weighted by Crippen LogP contribution is 2.38. The maximum Gasteiger partial charge on any atom is 0.255 e. The van der Waals surface area contributed by atoms with E-state index in [1.54, 1.807) is 54.5 Å². The van der Waals surface area contributed by atoms with Crippen molar-refractivity contribution in [3.8, 4) is 5.75 Å². The Morgan fingerprint density at radius 3 is 2.52 bits per heavy atom. The van der Waals surface area contributed by atoms with Crippen LogP contribution in [0.3, 0.4) is 0 Å². The lowest BCUT2D eigenvalue weighted by molar-refractivity contribution is -0.137. The molecule has 5 N–H and O–H groups in total. The zero-order valence-corrected chi connectivity index (χ0v) is 37.8. The number of nitrogens with one attached hydrogen (secondary N) is 5. The number of hydrogen-bond donors (Lipinski definition) is 5. The van der Waals surface area contributed by atoms with Gasteiger partial charge in [0.05, 0.1) is 19.0 Å². The van der Waals surface area contributed by atoms with Gasteiger partial charge in [-0.25, -0.2) is 4.98 Å². The van der Waals surface area contributed by atoms with E-state index in [0.29, 0.717) is 90.2 Å². The van der Waals surface area contributed by atoms with E-state index in [1.165, 1.54) is 12.0 Å². The summed E-state index contributed by atoms with van der Waals surface area (Å²) >= 11 is 3.49. The molecule has 4 aromatic rings. The fraction of sp³-hybridized carbons (Fsp3) is 0.391. The molecule has 1 unspecified atom stereocenters. The smallest absolute Gasteiger partial charge is 0.255 e. The van der Waals surface area contributed by atoms with E-state index in [0.717, 1.165) is 35.8 Å². The normalized spacial score (nSPS) is 16.9. The molecule has 6 amide bonds. The molecular formula is C46H53BrN10O7. The van der Waals surface area contributed by atoms with Crippen LogP contribution in [0.15, 0.2) is 71.3 Å². The van der Waals surface area contributed by atoms with Crippen molar-refractivity contribution in [1.29, 1.82) is 0 Å². The number of nitrogens with zero attached hydrogens (tertiary/aromatic N) is 5. The van der Waals surface area contributed by atoms with E-state index in [4.69, 9.17) is 9.72 Å². The lowest BCUT2D eigenvalue weighted by atomic mass is 10.0. The van der Waals surface area contributed by atoms with Gasteiger partial charge in [-0.1, -0.05) is 47.5 Å². The van der Waals surface area contributed by atoms with Crippen LogP contribution in [-0.4, -0.2) is 96.2 Å². The van der Waals surface area contributed by atoms with Crippen LogP contribution in [0, 0.1) is 0 Å². The van der Waals surface area contributed by atoms with Gasteiger partial charge in [0.2, 0.25) is 29.6 Å². The Morgan fingerprint density at radius 1 is 0.953 bits per heavy atom. The Morgan fingerprint density at radius 2 is 1.75 bits per heavy atom. The summed E-state index contributed by atoms with van der Waals surface area (Å²) in [5.41, 5.74) is 4.36. The molecule has 1 fully saturated rings. The molecule has 0 bridgehead atoms. The van der Waals surface area contributed by atoms with Gasteiger partial charge < -0.3 is 40.7 Å². The van der Waals surface area contributed by atoms with E-state index < -0.39 is 18.0 Å². The van der Waals surface area contributed by atoms with Gasteiger partial charge in [-0.2, -0.15) is 4.98 Å². The summed E-state index contributed by atoms with van der Waals surface area (Å²) in [6.45, 7) is 4.63. The number of carbonyl (C=O) groups excluding carboxylic acids is 6. The molecular weight excluding hydrogens is 884 g/mol. The van der Waals surface area contributed by atoms with Gasteiger partial charge in [-0.3, -0.25) is 34.1 Å². The predicted molar refractivity (Wildman–Crippen MR) is 246 cm³/mol. The Balaban J connectivity index is 0.815. The van der Waals surface area contributed by atoms with Gasteiger partial charge in [0.1, 0.15) is 23.5 Å². The SMILES string of the molecule is CC[C@@H]1C(=O)N(C)c2cnc(Nc3ccc(C(=O)NCCCNCCCCCC(=O)Nc4cccc5c4CN(C4CCC(=O)NC4=O)C5=O)cc3OC)nc2N1Cc1ccc(Br)cc1. The third kappa shape index (κ3) is 10.5. The molecule has 0 saturated carbocycles. The monoisotopic (exact) mass is 936 g/mol. The third-order valence-corrected chi connectivity index (χ3v) is 12.2. The van der Waals surface area contributed by atoms with Crippen molar-refractivity contribution < 1.29 is 33.5 Å². The standard InChI is InChI=1S/C46H53BrN10O7/c1-4-35-45(63)55(2)37-25-50-46(54-41(37)56(35)26-28-13-16-30(47)17-14-28)52-34-18-15-29(24-38(34)64-3)42(60)49-23-9-22-48-21-7-5-6-12-39(58)51-33-11-8-10-31-32(33)27-57(44(31)62)36-19-20-40(59)53-43(36)61/h8,10-11,13-18,24-25,35-36,48H,4-7,9,12,19-23,26-27H2,1-3H3,(H,49,60)(H,51,58)(H,50,52,54)(H,53,59,61)/t35-,36?/m1/s1. The lowest BCUT2D eigenvalue weighted by Gasteiger charge is -2.40. The van der Waals surface area contributed by atoms with Crippen LogP contribution in [0.5, 0.6) is 5.75 Å². The molecule has 2 atom stereocenters. The van der Waals surface area contributed by atoms with Crippen LogP contribution in [-0.2, 0) is 32.3 Å². The van der Waals surface area contributed by atoms with E-state index in [1.807, 2.05) is 36.1 Å². The van der Waals surface area contributed by atoms with Crippen molar-refractivity contribution >= 4 is 80.2 Å². The first-order valence-corrected chi connectivity index (χ1v) is 22.4. The molecule has 0 spiro atoms. The number of benzene rings is 3. The molecule has 4 heterocycles.